The van der Waals surface area contributed by atoms with Gasteiger partial charge in [0.2, 0.25) is 0 Å². The molecule has 0 saturated heterocycles. The number of phosphoric ester groups is 1. The van der Waals surface area contributed by atoms with Gasteiger partial charge in [-0.1, -0.05) is 145 Å². The van der Waals surface area contributed by atoms with Crippen molar-refractivity contribution >= 4 is 19.8 Å². The molecule has 3 N–H and O–H groups in total. The Kier molecular flexibility index (Phi) is 38.7. The first-order valence-corrected chi connectivity index (χ1v) is 22.9. The number of phosphoric acid groups is 1. The van der Waals surface area contributed by atoms with Gasteiger partial charge in [0.1, 0.15) is 12.7 Å². The van der Waals surface area contributed by atoms with Gasteiger partial charge in [0.15, 0.2) is 6.10 Å². The molecule has 0 aliphatic heterocycles. The van der Waals surface area contributed by atoms with E-state index in [1.807, 2.05) is 12.2 Å². The first kappa shape index (κ1) is 53.4. The second-order valence-corrected chi connectivity index (χ2v) is 15.4. The fourth-order valence-corrected chi connectivity index (χ4v) is 6.11. The van der Waals surface area contributed by atoms with Crippen molar-refractivity contribution in [1.82, 2.24) is 0 Å². The Morgan fingerprint density at radius 3 is 1.55 bits per heavy atom. The molecule has 0 aliphatic carbocycles. The summed E-state index contributed by atoms with van der Waals surface area (Å²) in [6, 6.07) is 0. The van der Waals surface area contributed by atoms with Crippen LogP contribution in [0, 0.1) is 0 Å². The first-order valence-electron chi connectivity index (χ1n) is 21.4. The molecule has 0 rings (SSSR count). The van der Waals surface area contributed by atoms with Crippen LogP contribution in [0.5, 0.6) is 0 Å². The van der Waals surface area contributed by atoms with E-state index in [9.17, 15) is 24.2 Å². The maximum absolute atomic E-state index is 12.6. The molecule has 56 heavy (non-hydrogen) atoms. The summed E-state index contributed by atoms with van der Waals surface area (Å²) in [4.78, 5) is 34.9. The number of aliphatic hydroxyl groups is 2. The molecule has 0 radical (unpaired) electrons. The summed E-state index contributed by atoms with van der Waals surface area (Å²) >= 11 is 0. The van der Waals surface area contributed by atoms with E-state index in [-0.39, 0.29) is 19.4 Å². The Morgan fingerprint density at radius 1 is 0.554 bits per heavy atom. The molecule has 0 aromatic carbocycles. The molecular formula is C45H77O10P. The van der Waals surface area contributed by atoms with Crippen LogP contribution in [0.3, 0.4) is 0 Å². The van der Waals surface area contributed by atoms with Gasteiger partial charge in [-0.15, -0.1) is 0 Å². The summed E-state index contributed by atoms with van der Waals surface area (Å²) < 4.78 is 32.6. The zero-order valence-corrected chi connectivity index (χ0v) is 35.7. The zero-order valence-electron chi connectivity index (χ0n) is 34.8. The van der Waals surface area contributed by atoms with Crippen molar-refractivity contribution in [2.45, 2.75) is 174 Å². The molecule has 0 aromatic rings. The van der Waals surface area contributed by atoms with Crippen LogP contribution in [-0.2, 0) is 32.7 Å². The Hall–Kier alpha value is -2.59. The summed E-state index contributed by atoms with van der Waals surface area (Å²) in [5.41, 5.74) is 0. The number of aliphatic hydroxyl groups excluding tert-OH is 2. The topological polar surface area (TPSA) is 149 Å². The fraction of sp³-hybridized carbons (Fsp3) is 0.689. The Balaban J connectivity index is 4.43. The number of esters is 2. The largest absolute Gasteiger partial charge is 0.472 e. The van der Waals surface area contributed by atoms with Gasteiger partial charge in [0.25, 0.3) is 0 Å². The highest BCUT2D eigenvalue weighted by Crippen LogP contribution is 2.43. The van der Waals surface area contributed by atoms with Crippen molar-refractivity contribution in [3.63, 3.8) is 0 Å². The fourth-order valence-electron chi connectivity index (χ4n) is 5.32. The SMILES string of the molecule is CC/C=C\C/C=C\C/C=C\C/C=C\C/C=C\CCCC(=O)O[C@H](COC(=O)CCCCCCC/C=C\CCCCCCCCC)COP(=O)(O)OC[C@@H](O)CO. The van der Waals surface area contributed by atoms with Crippen molar-refractivity contribution in [1.29, 1.82) is 0 Å². The normalized spacial score (nSPS) is 14.6. The van der Waals surface area contributed by atoms with E-state index >= 15 is 0 Å². The maximum Gasteiger partial charge on any atom is 0.472 e. The molecule has 0 bridgehead atoms. The van der Waals surface area contributed by atoms with Crippen molar-refractivity contribution < 1.29 is 47.8 Å². The third-order valence-corrected chi connectivity index (χ3v) is 9.55. The van der Waals surface area contributed by atoms with Gasteiger partial charge in [0.05, 0.1) is 19.8 Å². The number of unbranched alkanes of at least 4 members (excludes halogenated alkanes) is 13. The summed E-state index contributed by atoms with van der Waals surface area (Å²) in [6.07, 6.45) is 45.9. The van der Waals surface area contributed by atoms with Crippen LogP contribution < -0.4 is 0 Å². The van der Waals surface area contributed by atoms with E-state index in [2.05, 4.69) is 79.1 Å². The quantitative estimate of drug-likeness (QED) is 0.0237. The smallest absolute Gasteiger partial charge is 0.462 e. The minimum Gasteiger partial charge on any atom is -0.462 e. The van der Waals surface area contributed by atoms with Gasteiger partial charge < -0.3 is 24.6 Å². The second kappa shape index (κ2) is 40.6. The molecule has 0 aromatic heterocycles. The molecule has 3 atom stereocenters. The molecule has 0 fully saturated rings. The van der Waals surface area contributed by atoms with Crippen LogP contribution in [0.2, 0.25) is 0 Å². The molecule has 1 unspecified atom stereocenters. The lowest BCUT2D eigenvalue weighted by atomic mass is 10.1. The maximum atomic E-state index is 12.6. The molecule has 10 nitrogen and oxygen atoms in total. The minimum atomic E-state index is -4.64. The van der Waals surface area contributed by atoms with Crippen LogP contribution >= 0.6 is 7.82 Å². The highest BCUT2D eigenvalue weighted by molar-refractivity contribution is 7.47. The van der Waals surface area contributed by atoms with Gasteiger partial charge in [-0.3, -0.25) is 18.6 Å². The molecule has 0 heterocycles. The number of carbonyl (C=O) groups excluding carboxylic acids is 2. The van der Waals surface area contributed by atoms with Gasteiger partial charge in [0, 0.05) is 12.8 Å². The van der Waals surface area contributed by atoms with Crippen LogP contribution in [0.4, 0.5) is 0 Å². The molecule has 0 amide bonds. The number of carbonyl (C=O) groups is 2. The molecule has 0 spiro atoms. The van der Waals surface area contributed by atoms with E-state index in [1.165, 1.54) is 44.9 Å². The van der Waals surface area contributed by atoms with Gasteiger partial charge in [-0.25, -0.2) is 4.57 Å². The highest BCUT2D eigenvalue weighted by atomic mass is 31.2. The Morgan fingerprint density at radius 2 is 1.00 bits per heavy atom. The van der Waals surface area contributed by atoms with Gasteiger partial charge in [-0.05, 0) is 77.0 Å². The molecular weight excluding hydrogens is 731 g/mol. The summed E-state index contributed by atoms with van der Waals surface area (Å²) in [5.74, 6) is -1.01. The third kappa shape index (κ3) is 39.6. The number of allylic oxidation sites excluding steroid dienone is 12. The molecule has 11 heteroatoms. The van der Waals surface area contributed by atoms with Crippen LogP contribution in [0.1, 0.15) is 162 Å². The standard InChI is InChI=1S/C45H77O10P/c1-3-5-7-9-11-13-15-17-19-21-23-25-27-29-31-33-35-37-45(49)55-43(41-54-56(50,51)53-39-42(47)38-46)40-52-44(48)36-34-32-30-28-26-24-22-20-18-16-14-12-10-8-6-4-2/h5,7,11,13,17,19-20,22-23,25,29,31,42-43,46-47H,3-4,6,8-10,12,14-16,18,21,24,26-28,30,32-41H2,1-2H3,(H,50,51)/b7-5-,13-11-,19-17-,22-20-,25-23-,31-29-/t42-,43+/m0/s1. The predicted molar refractivity (Wildman–Crippen MR) is 228 cm³/mol. The van der Waals surface area contributed by atoms with E-state index in [1.54, 1.807) is 0 Å². The molecule has 322 valence electrons. The lowest BCUT2D eigenvalue weighted by Crippen LogP contribution is -2.29. The van der Waals surface area contributed by atoms with Crippen LogP contribution in [0.15, 0.2) is 72.9 Å². The highest BCUT2D eigenvalue weighted by Gasteiger charge is 2.27. The Bertz CT molecular complexity index is 1160. The summed E-state index contributed by atoms with van der Waals surface area (Å²) in [6.45, 7) is 2.17. The van der Waals surface area contributed by atoms with E-state index < -0.39 is 51.8 Å². The van der Waals surface area contributed by atoms with Crippen LogP contribution in [0.25, 0.3) is 0 Å². The van der Waals surface area contributed by atoms with E-state index in [0.29, 0.717) is 19.3 Å². The third-order valence-electron chi connectivity index (χ3n) is 8.59. The van der Waals surface area contributed by atoms with Gasteiger partial charge >= 0.3 is 19.8 Å². The lowest BCUT2D eigenvalue weighted by Gasteiger charge is -2.20. The monoisotopic (exact) mass is 809 g/mol. The van der Waals surface area contributed by atoms with Crippen molar-refractivity contribution in [2.75, 3.05) is 26.4 Å². The number of rotatable bonds is 39. The van der Waals surface area contributed by atoms with E-state index in [0.717, 1.165) is 70.6 Å². The lowest BCUT2D eigenvalue weighted by molar-refractivity contribution is -0.161. The first-order chi connectivity index (χ1) is 27.2. The average Bonchev–Trinajstić information content (AvgIpc) is 3.19. The van der Waals surface area contributed by atoms with Crippen molar-refractivity contribution in [2.24, 2.45) is 0 Å². The minimum absolute atomic E-state index is 0.101. The zero-order chi connectivity index (χ0) is 41.2. The van der Waals surface area contributed by atoms with Crippen molar-refractivity contribution in [3.8, 4) is 0 Å². The number of hydrogen-bond donors (Lipinski definition) is 3. The van der Waals surface area contributed by atoms with Crippen molar-refractivity contribution in [3.05, 3.63) is 72.9 Å². The summed E-state index contributed by atoms with van der Waals surface area (Å²) in [7, 11) is -4.64. The second-order valence-electron chi connectivity index (χ2n) is 14.0. The average molecular weight is 809 g/mol. The number of hydrogen-bond acceptors (Lipinski definition) is 9. The van der Waals surface area contributed by atoms with Gasteiger partial charge in [-0.2, -0.15) is 0 Å². The number of ether oxygens (including phenoxy) is 2. The van der Waals surface area contributed by atoms with Crippen LogP contribution in [-0.4, -0.2) is 65.7 Å². The Labute approximate surface area is 339 Å². The predicted octanol–water partition coefficient (Wildman–Crippen LogP) is 11.3. The summed E-state index contributed by atoms with van der Waals surface area (Å²) in [5, 5.41) is 18.3. The molecule has 0 saturated carbocycles. The van der Waals surface area contributed by atoms with E-state index in [4.69, 9.17) is 19.1 Å². The molecule has 0 aliphatic rings.